The Morgan fingerprint density at radius 1 is 1.07 bits per heavy atom. The van der Waals surface area contributed by atoms with Crippen molar-refractivity contribution in [3.63, 3.8) is 0 Å². The average Bonchev–Trinajstić information content (AvgIpc) is 2.71. The summed E-state index contributed by atoms with van der Waals surface area (Å²) >= 11 is 0. The lowest BCUT2D eigenvalue weighted by atomic mass is 10.0. The first kappa shape index (κ1) is 21.9. The number of nitriles is 1. The number of ether oxygens (including phenoxy) is 1. The topological polar surface area (TPSA) is 79.2 Å². The first-order valence-corrected chi connectivity index (χ1v) is 9.56. The standard InChI is InChI=1S/C24H26N2O3/c1-16(2)21-11-9-19(10-12-21)13-22(14-25)24(28)29-18(4)23(27)26-15-20-7-5-17(3)6-8-20/h5-13,16,18H,15H2,1-4H3,(H,26,27)/b22-13+/t18-/m1/s1. The summed E-state index contributed by atoms with van der Waals surface area (Å²) in [6, 6.07) is 17.2. The highest BCUT2D eigenvalue weighted by atomic mass is 16.5. The molecule has 0 aliphatic heterocycles. The molecular weight excluding hydrogens is 364 g/mol. The normalized spacial score (nSPS) is 12.2. The summed E-state index contributed by atoms with van der Waals surface area (Å²) < 4.78 is 5.17. The van der Waals surface area contributed by atoms with Gasteiger partial charge >= 0.3 is 5.97 Å². The second kappa shape index (κ2) is 10.2. The van der Waals surface area contributed by atoms with Crippen molar-refractivity contribution in [2.75, 3.05) is 0 Å². The predicted molar refractivity (Wildman–Crippen MR) is 113 cm³/mol. The van der Waals surface area contributed by atoms with Crippen molar-refractivity contribution >= 4 is 18.0 Å². The Bertz CT molecular complexity index is 920. The van der Waals surface area contributed by atoms with Crippen molar-refractivity contribution in [1.29, 1.82) is 5.26 Å². The minimum atomic E-state index is -1.01. The van der Waals surface area contributed by atoms with Crippen LogP contribution in [0.5, 0.6) is 0 Å². The molecule has 0 unspecified atom stereocenters. The SMILES string of the molecule is Cc1ccc(CNC(=O)[C@@H](C)OC(=O)/C(C#N)=C/c2ccc(C(C)C)cc2)cc1. The van der Waals surface area contributed by atoms with Crippen LogP contribution in [0.4, 0.5) is 0 Å². The van der Waals surface area contributed by atoms with Crippen LogP contribution in [0.2, 0.25) is 0 Å². The van der Waals surface area contributed by atoms with Gasteiger partial charge in [0.1, 0.15) is 11.6 Å². The lowest BCUT2D eigenvalue weighted by Crippen LogP contribution is -2.35. The average molecular weight is 390 g/mol. The Balaban J connectivity index is 1.95. The molecule has 0 saturated carbocycles. The zero-order valence-corrected chi connectivity index (χ0v) is 17.2. The van der Waals surface area contributed by atoms with Gasteiger partial charge in [-0.15, -0.1) is 0 Å². The molecule has 0 radical (unpaired) electrons. The molecule has 0 aromatic heterocycles. The van der Waals surface area contributed by atoms with Gasteiger partial charge in [0.25, 0.3) is 5.91 Å². The zero-order chi connectivity index (χ0) is 21.4. The molecule has 0 bridgehead atoms. The number of nitrogens with zero attached hydrogens (tertiary/aromatic N) is 1. The number of aryl methyl sites for hydroxylation is 1. The summed E-state index contributed by atoms with van der Waals surface area (Å²) in [5.41, 5.74) is 3.82. The fraction of sp³-hybridized carbons (Fsp3) is 0.292. The van der Waals surface area contributed by atoms with Crippen molar-refractivity contribution in [1.82, 2.24) is 5.32 Å². The minimum Gasteiger partial charge on any atom is -0.448 e. The van der Waals surface area contributed by atoms with E-state index in [1.165, 1.54) is 18.6 Å². The third kappa shape index (κ3) is 6.62. The summed E-state index contributed by atoms with van der Waals surface area (Å²) in [7, 11) is 0. The van der Waals surface area contributed by atoms with Gasteiger partial charge in [-0.3, -0.25) is 4.79 Å². The van der Waals surface area contributed by atoms with E-state index in [4.69, 9.17) is 4.74 Å². The van der Waals surface area contributed by atoms with Gasteiger partial charge < -0.3 is 10.1 Å². The van der Waals surface area contributed by atoms with E-state index in [0.717, 1.165) is 16.7 Å². The molecule has 1 atom stereocenters. The van der Waals surface area contributed by atoms with Crippen molar-refractivity contribution in [3.05, 3.63) is 76.4 Å². The molecule has 5 nitrogen and oxygen atoms in total. The molecule has 1 amide bonds. The van der Waals surface area contributed by atoms with Crippen LogP contribution in [0.15, 0.2) is 54.1 Å². The molecule has 2 aromatic carbocycles. The fourth-order valence-corrected chi connectivity index (χ4v) is 2.60. The van der Waals surface area contributed by atoms with Crippen LogP contribution in [0.25, 0.3) is 6.08 Å². The Morgan fingerprint density at radius 3 is 2.24 bits per heavy atom. The lowest BCUT2D eigenvalue weighted by molar-refractivity contribution is -0.150. The van der Waals surface area contributed by atoms with E-state index < -0.39 is 18.0 Å². The molecule has 0 fully saturated rings. The summed E-state index contributed by atoms with van der Waals surface area (Å²) in [5.74, 6) is -0.844. The smallest absolute Gasteiger partial charge is 0.349 e. The Morgan fingerprint density at radius 2 is 1.69 bits per heavy atom. The molecule has 0 heterocycles. The van der Waals surface area contributed by atoms with Crippen molar-refractivity contribution in [2.45, 2.75) is 46.3 Å². The van der Waals surface area contributed by atoms with E-state index in [9.17, 15) is 14.9 Å². The molecule has 0 aliphatic carbocycles. The highest BCUT2D eigenvalue weighted by molar-refractivity contribution is 5.99. The Hall–Kier alpha value is -3.39. The Kier molecular flexibility index (Phi) is 7.73. The molecule has 0 aliphatic rings. The van der Waals surface area contributed by atoms with E-state index in [1.54, 1.807) is 0 Å². The van der Waals surface area contributed by atoms with Crippen LogP contribution in [-0.2, 0) is 20.9 Å². The molecule has 0 saturated heterocycles. The van der Waals surface area contributed by atoms with E-state index >= 15 is 0 Å². The molecular formula is C24H26N2O3. The van der Waals surface area contributed by atoms with Gasteiger partial charge in [-0.2, -0.15) is 5.26 Å². The fourth-order valence-electron chi connectivity index (χ4n) is 2.60. The van der Waals surface area contributed by atoms with Gasteiger partial charge in [0, 0.05) is 6.54 Å². The molecule has 2 aromatic rings. The largest absolute Gasteiger partial charge is 0.448 e. The number of carbonyl (C=O) groups excluding carboxylic acids is 2. The zero-order valence-electron chi connectivity index (χ0n) is 17.2. The highest BCUT2D eigenvalue weighted by Gasteiger charge is 2.20. The maximum atomic E-state index is 12.3. The number of rotatable bonds is 7. The third-order valence-corrected chi connectivity index (χ3v) is 4.49. The highest BCUT2D eigenvalue weighted by Crippen LogP contribution is 2.16. The van der Waals surface area contributed by atoms with Gasteiger partial charge in [0.05, 0.1) is 0 Å². The molecule has 29 heavy (non-hydrogen) atoms. The van der Waals surface area contributed by atoms with Gasteiger partial charge in [-0.05, 0) is 42.5 Å². The summed E-state index contributed by atoms with van der Waals surface area (Å²) in [5, 5.41) is 12.0. The Labute approximate surface area is 172 Å². The molecule has 5 heteroatoms. The predicted octanol–water partition coefficient (Wildman–Crippen LogP) is 4.27. The van der Waals surface area contributed by atoms with Crippen LogP contribution < -0.4 is 5.32 Å². The third-order valence-electron chi connectivity index (χ3n) is 4.49. The summed E-state index contributed by atoms with van der Waals surface area (Å²) in [4.78, 5) is 24.5. The van der Waals surface area contributed by atoms with E-state index in [1.807, 2.05) is 61.5 Å². The van der Waals surface area contributed by atoms with E-state index in [-0.39, 0.29) is 5.57 Å². The maximum Gasteiger partial charge on any atom is 0.349 e. The van der Waals surface area contributed by atoms with Crippen LogP contribution in [0, 0.1) is 18.3 Å². The second-order valence-corrected chi connectivity index (χ2v) is 7.24. The number of benzene rings is 2. The second-order valence-electron chi connectivity index (χ2n) is 7.24. The molecule has 2 rings (SSSR count). The number of nitrogens with one attached hydrogen (secondary N) is 1. The summed E-state index contributed by atoms with van der Waals surface area (Å²) in [6.07, 6.45) is 0.455. The molecule has 150 valence electrons. The van der Waals surface area contributed by atoms with Gasteiger partial charge in [0.15, 0.2) is 6.10 Å². The van der Waals surface area contributed by atoms with Gasteiger partial charge in [-0.25, -0.2) is 4.79 Å². The van der Waals surface area contributed by atoms with Crippen LogP contribution in [0.1, 0.15) is 48.9 Å². The lowest BCUT2D eigenvalue weighted by Gasteiger charge is -2.13. The van der Waals surface area contributed by atoms with Gasteiger partial charge in [0.2, 0.25) is 0 Å². The number of carbonyl (C=O) groups is 2. The van der Waals surface area contributed by atoms with Crippen molar-refractivity contribution in [2.24, 2.45) is 0 Å². The van der Waals surface area contributed by atoms with Crippen LogP contribution in [-0.4, -0.2) is 18.0 Å². The number of esters is 1. The molecule has 0 spiro atoms. The first-order chi connectivity index (χ1) is 13.8. The quantitative estimate of drug-likeness (QED) is 0.435. The molecule has 1 N–H and O–H groups in total. The summed E-state index contributed by atoms with van der Waals surface area (Å²) in [6.45, 7) is 7.99. The van der Waals surface area contributed by atoms with Crippen LogP contribution in [0.3, 0.4) is 0 Å². The first-order valence-electron chi connectivity index (χ1n) is 9.56. The van der Waals surface area contributed by atoms with E-state index in [2.05, 4.69) is 19.2 Å². The monoisotopic (exact) mass is 390 g/mol. The van der Waals surface area contributed by atoms with Crippen molar-refractivity contribution in [3.8, 4) is 6.07 Å². The number of hydrogen-bond acceptors (Lipinski definition) is 4. The van der Waals surface area contributed by atoms with Gasteiger partial charge in [-0.1, -0.05) is 67.9 Å². The van der Waals surface area contributed by atoms with Crippen LogP contribution >= 0.6 is 0 Å². The minimum absolute atomic E-state index is 0.152. The maximum absolute atomic E-state index is 12.3. The van der Waals surface area contributed by atoms with E-state index in [0.29, 0.717) is 12.5 Å². The van der Waals surface area contributed by atoms with Crippen molar-refractivity contribution < 1.29 is 14.3 Å². The number of hydrogen-bond donors (Lipinski definition) is 1. The number of amides is 1.